The summed E-state index contributed by atoms with van der Waals surface area (Å²) in [6, 6.07) is 0. The van der Waals surface area contributed by atoms with E-state index in [2.05, 4.69) is 6.92 Å². The molecule has 0 aromatic rings. The predicted octanol–water partition coefficient (Wildman–Crippen LogP) is 2.11. The highest BCUT2D eigenvalue weighted by Gasteiger charge is 2.30. The monoisotopic (exact) mass is 184 g/mol. The highest BCUT2D eigenvalue weighted by atomic mass is 16.5. The average molecular weight is 184 g/mol. The first-order chi connectivity index (χ1) is 6.25. The Kier molecular flexibility index (Phi) is 2.89. The van der Waals surface area contributed by atoms with Gasteiger partial charge in [-0.25, -0.2) is 0 Å². The molecule has 1 heterocycles. The largest absolute Gasteiger partial charge is 0.393 e. The number of hydrogen-bond acceptors (Lipinski definition) is 2. The summed E-state index contributed by atoms with van der Waals surface area (Å²) >= 11 is 0. The molecule has 4 unspecified atom stereocenters. The lowest BCUT2D eigenvalue weighted by molar-refractivity contribution is 0.0239. The third-order valence-corrected chi connectivity index (χ3v) is 3.50. The Morgan fingerprint density at radius 1 is 1.23 bits per heavy atom. The van der Waals surface area contributed by atoms with Crippen LogP contribution in [0, 0.1) is 5.92 Å². The minimum absolute atomic E-state index is 0.0421. The van der Waals surface area contributed by atoms with Gasteiger partial charge in [-0.15, -0.1) is 0 Å². The predicted molar refractivity (Wildman–Crippen MR) is 51.5 cm³/mol. The van der Waals surface area contributed by atoms with E-state index in [1.54, 1.807) is 0 Å². The van der Waals surface area contributed by atoms with Crippen molar-refractivity contribution in [3.63, 3.8) is 0 Å². The highest BCUT2D eigenvalue weighted by Crippen LogP contribution is 2.33. The van der Waals surface area contributed by atoms with E-state index in [4.69, 9.17) is 4.74 Å². The standard InChI is InChI=1S/C11H20O2/c1-8-5-6-10(13-8)7-9-3-2-4-11(9)12/h8-12H,2-7H2,1H3. The summed E-state index contributed by atoms with van der Waals surface area (Å²) in [4.78, 5) is 0. The van der Waals surface area contributed by atoms with E-state index in [0.29, 0.717) is 18.1 Å². The van der Waals surface area contributed by atoms with E-state index in [0.717, 1.165) is 12.8 Å². The van der Waals surface area contributed by atoms with Crippen LogP contribution in [0.25, 0.3) is 0 Å². The van der Waals surface area contributed by atoms with Gasteiger partial charge >= 0.3 is 0 Å². The number of ether oxygens (including phenoxy) is 1. The van der Waals surface area contributed by atoms with Crippen molar-refractivity contribution in [1.29, 1.82) is 0 Å². The Morgan fingerprint density at radius 3 is 2.62 bits per heavy atom. The van der Waals surface area contributed by atoms with E-state index in [-0.39, 0.29) is 6.10 Å². The van der Waals surface area contributed by atoms with Crippen molar-refractivity contribution in [3.8, 4) is 0 Å². The molecule has 76 valence electrons. The molecule has 1 aliphatic carbocycles. The summed E-state index contributed by atoms with van der Waals surface area (Å²) in [6.45, 7) is 2.14. The van der Waals surface area contributed by atoms with Gasteiger partial charge in [0.05, 0.1) is 18.3 Å². The lowest BCUT2D eigenvalue weighted by Crippen LogP contribution is -2.20. The maximum atomic E-state index is 9.66. The van der Waals surface area contributed by atoms with Gasteiger partial charge in [0.15, 0.2) is 0 Å². The van der Waals surface area contributed by atoms with E-state index < -0.39 is 0 Å². The van der Waals surface area contributed by atoms with Gasteiger partial charge in [0.25, 0.3) is 0 Å². The van der Waals surface area contributed by atoms with Crippen LogP contribution in [0.5, 0.6) is 0 Å². The highest BCUT2D eigenvalue weighted by molar-refractivity contribution is 4.81. The fourth-order valence-electron chi connectivity index (χ4n) is 2.69. The van der Waals surface area contributed by atoms with Crippen molar-refractivity contribution in [2.24, 2.45) is 5.92 Å². The summed E-state index contributed by atoms with van der Waals surface area (Å²) in [5.41, 5.74) is 0. The molecule has 0 aromatic carbocycles. The summed E-state index contributed by atoms with van der Waals surface area (Å²) in [7, 11) is 0. The van der Waals surface area contributed by atoms with E-state index in [9.17, 15) is 5.11 Å². The van der Waals surface area contributed by atoms with Crippen LogP contribution in [0.2, 0.25) is 0 Å². The maximum Gasteiger partial charge on any atom is 0.0583 e. The zero-order chi connectivity index (χ0) is 9.26. The van der Waals surface area contributed by atoms with E-state index in [1.165, 1.54) is 25.7 Å². The fourth-order valence-corrected chi connectivity index (χ4v) is 2.69. The molecule has 0 radical (unpaired) electrons. The second-order valence-electron chi connectivity index (χ2n) is 4.64. The molecule has 0 aromatic heterocycles. The first-order valence-corrected chi connectivity index (χ1v) is 5.59. The maximum absolute atomic E-state index is 9.66. The summed E-state index contributed by atoms with van der Waals surface area (Å²) < 4.78 is 5.76. The SMILES string of the molecule is CC1CCC(CC2CCCC2O)O1. The van der Waals surface area contributed by atoms with Crippen molar-refractivity contribution < 1.29 is 9.84 Å². The topological polar surface area (TPSA) is 29.5 Å². The third kappa shape index (κ3) is 2.23. The van der Waals surface area contributed by atoms with Gasteiger partial charge in [0.2, 0.25) is 0 Å². The zero-order valence-electron chi connectivity index (χ0n) is 8.41. The van der Waals surface area contributed by atoms with Gasteiger partial charge in [-0.1, -0.05) is 6.42 Å². The van der Waals surface area contributed by atoms with Crippen molar-refractivity contribution in [2.75, 3.05) is 0 Å². The molecule has 2 fully saturated rings. The van der Waals surface area contributed by atoms with Crippen molar-refractivity contribution in [1.82, 2.24) is 0 Å². The number of rotatable bonds is 2. The molecule has 2 rings (SSSR count). The minimum atomic E-state index is -0.0421. The van der Waals surface area contributed by atoms with Crippen LogP contribution in [0.15, 0.2) is 0 Å². The lowest BCUT2D eigenvalue weighted by Gasteiger charge is -2.18. The van der Waals surface area contributed by atoms with E-state index >= 15 is 0 Å². The molecule has 1 N–H and O–H groups in total. The van der Waals surface area contributed by atoms with Gasteiger partial charge in [-0.05, 0) is 44.9 Å². The number of aliphatic hydroxyl groups excluding tert-OH is 1. The number of aliphatic hydroxyl groups is 1. The first-order valence-electron chi connectivity index (χ1n) is 5.59. The molecular weight excluding hydrogens is 164 g/mol. The average Bonchev–Trinajstić information content (AvgIpc) is 2.64. The second kappa shape index (κ2) is 3.97. The van der Waals surface area contributed by atoms with Crippen LogP contribution in [-0.2, 0) is 4.74 Å². The van der Waals surface area contributed by atoms with Crippen LogP contribution < -0.4 is 0 Å². The van der Waals surface area contributed by atoms with Gasteiger partial charge in [-0.2, -0.15) is 0 Å². The Balaban J connectivity index is 1.77. The normalized spacial score (nSPS) is 45.7. The molecule has 2 heteroatoms. The smallest absolute Gasteiger partial charge is 0.0583 e. The Morgan fingerprint density at radius 2 is 2.08 bits per heavy atom. The van der Waals surface area contributed by atoms with Crippen molar-refractivity contribution in [3.05, 3.63) is 0 Å². The molecule has 2 aliphatic rings. The zero-order valence-corrected chi connectivity index (χ0v) is 8.41. The van der Waals surface area contributed by atoms with Crippen molar-refractivity contribution >= 4 is 0 Å². The van der Waals surface area contributed by atoms with Gasteiger partial charge in [0, 0.05) is 0 Å². The summed E-state index contributed by atoms with van der Waals surface area (Å²) in [6.07, 6.45) is 7.75. The minimum Gasteiger partial charge on any atom is -0.393 e. The quantitative estimate of drug-likeness (QED) is 0.712. The summed E-state index contributed by atoms with van der Waals surface area (Å²) in [5, 5.41) is 9.66. The Hall–Kier alpha value is -0.0800. The van der Waals surface area contributed by atoms with Crippen LogP contribution >= 0.6 is 0 Å². The van der Waals surface area contributed by atoms with Crippen LogP contribution in [0.4, 0.5) is 0 Å². The molecule has 0 spiro atoms. The molecule has 1 saturated carbocycles. The molecule has 1 saturated heterocycles. The third-order valence-electron chi connectivity index (χ3n) is 3.50. The van der Waals surface area contributed by atoms with Crippen LogP contribution in [-0.4, -0.2) is 23.4 Å². The Bertz CT molecular complexity index is 169. The molecule has 4 atom stereocenters. The Labute approximate surface area is 80.3 Å². The fraction of sp³-hybridized carbons (Fsp3) is 1.00. The van der Waals surface area contributed by atoms with Gasteiger partial charge < -0.3 is 9.84 Å². The molecular formula is C11H20O2. The van der Waals surface area contributed by atoms with E-state index in [1.807, 2.05) is 0 Å². The second-order valence-corrected chi connectivity index (χ2v) is 4.64. The van der Waals surface area contributed by atoms with Crippen LogP contribution in [0.3, 0.4) is 0 Å². The summed E-state index contributed by atoms with van der Waals surface area (Å²) in [5.74, 6) is 0.523. The molecule has 13 heavy (non-hydrogen) atoms. The number of hydrogen-bond donors (Lipinski definition) is 1. The molecule has 2 nitrogen and oxygen atoms in total. The van der Waals surface area contributed by atoms with Crippen LogP contribution in [0.1, 0.15) is 45.4 Å². The van der Waals surface area contributed by atoms with Crippen molar-refractivity contribution in [2.45, 2.75) is 63.8 Å². The van der Waals surface area contributed by atoms with Gasteiger partial charge in [-0.3, -0.25) is 0 Å². The molecule has 0 bridgehead atoms. The lowest BCUT2D eigenvalue weighted by atomic mass is 9.97. The molecule has 0 amide bonds. The first kappa shape index (κ1) is 9.47. The van der Waals surface area contributed by atoms with Gasteiger partial charge in [0.1, 0.15) is 0 Å². The molecule has 1 aliphatic heterocycles.